The molecular formula is C12H13N2O2+. The largest absolute Gasteiger partial charge is 0.477 e. The number of nitrogens with zero attached hydrogens (tertiary/aromatic N) is 2. The summed E-state index contributed by atoms with van der Waals surface area (Å²) < 4.78 is 0.161. The molecule has 0 aliphatic carbocycles. The predicted octanol–water partition coefficient (Wildman–Crippen LogP) is 1.98. The molecule has 1 N–H and O–H groups in total. The van der Waals surface area contributed by atoms with Crippen LogP contribution in [0, 0.1) is 0 Å². The normalized spacial score (nSPS) is 23.9. The fraction of sp³-hybridized carbons (Fsp3) is 0.167. The minimum absolute atomic E-state index is 0.161. The van der Waals surface area contributed by atoms with Gasteiger partial charge in [-0.05, 0) is 6.92 Å². The van der Waals surface area contributed by atoms with Crippen molar-refractivity contribution in [1.29, 1.82) is 0 Å². The van der Waals surface area contributed by atoms with Crippen molar-refractivity contribution in [3.8, 4) is 0 Å². The number of carboxylic acid groups (broad SMARTS) is 1. The molecule has 0 aromatic heterocycles. The van der Waals surface area contributed by atoms with E-state index in [9.17, 15) is 4.79 Å². The van der Waals surface area contributed by atoms with Crippen LogP contribution in [-0.2, 0) is 4.79 Å². The molecule has 2 rings (SSSR count). The third kappa shape index (κ3) is 1.63. The van der Waals surface area contributed by atoms with E-state index in [0.29, 0.717) is 5.71 Å². The van der Waals surface area contributed by atoms with Crippen LogP contribution in [0.3, 0.4) is 0 Å². The zero-order valence-electron chi connectivity index (χ0n) is 9.21. The van der Waals surface area contributed by atoms with Crippen LogP contribution >= 0.6 is 0 Å². The van der Waals surface area contributed by atoms with Crippen molar-refractivity contribution in [3.05, 3.63) is 42.1 Å². The van der Waals surface area contributed by atoms with Crippen LogP contribution in [0.15, 0.2) is 47.2 Å². The lowest BCUT2D eigenvalue weighted by Crippen LogP contribution is -2.30. The molecule has 82 valence electrons. The van der Waals surface area contributed by atoms with Crippen molar-refractivity contribution >= 4 is 17.4 Å². The quantitative estimate of drug-likeness (QED) is 0.770. The van der Waals surface area contributed by atoms with Crippen LogP contribution in [-0.4, -0.2) is 23.8 Å². The number of hydrogen-bond donors (Lipinski definition) is 1. The van der Waals surface area contributed by atoms with E-state index in [2.05, 4.69) is 5.10 Å². The number of rotatable bonds is 2. The summed E-state index contributed by atoms with van der Waals surface area (Å²) >= 11 is 0. The van der Waals surface area contributed by atoms with E-state index in [-0.39, 0.29) is 10.2 Å². The highest BCUT2D eigenvalue weighted by molar-refractivity contribution is 6.19. The second-order valence-electron chi connectivity index (χ2n) is 3.90. The Kier molecular flexibility index (Phi) is 2.36. The molecule has 1 aliphatic heterocycles. The first-order valence-electron chi connectivity index (χ1n) is 4.98. The molecule has 1 atom stereocenters. The molecule has 4 nitrogen and oxygen atoms in total. The highest BCUT2D eigenvalue weighted by Crippen LogP contribution is 2.28. The molecule has 0 radical (unpaired) electrons. The zero-order valence-corrected chi connectivity index (χ0v) is 9.21. The molecule has 0 spiro atoms. The van der Waals surface area contributed by atoms with E-state index >= 15 is 0 Å². The topological polar surface area (TPSA) is 49.7 Å². The Morgan fingerprint density at radius 1 is 1.31 bits per heavy atom. The first-order valence-corrected chi connectivity index (χ1v) is 4.98. The summed E-state index contributed by atoms with van der Waals surface area (Å²) in [6.45, 7) is 1.71. The SMILES string of the molecule is CC1=N[N+](C)(c2ccccc2)C=C1C(=O)O. The summed E-state index contributed by atoms with van der Waals surface area (Å²) in [6.07, 6.45) is 1.65. The van der Waals surface area contributed by atoms with Crippen LogP contribution < -0.4 is 4.59 Å². The van der Waals surface area contributed by atoms with Crippen molar-refractivity contribution in [3.63, 3.8) is 0 Å². The first kappa shape index (κ1) is 10.6. The molecule has 1 heterocycles. The molecule has 4 heteroatoms. The summed E-state index contributed by atoms with van der Waals surface area (Å²) in [5.74, 6) is -0.931. The van der Waals surface area contributed by atoms with Gasteiger partial charge in [-0.3, -0.25) is 0 Å². The number of para-hydroxylation sites is 1. The molecular weight excluding hydrogens is 204 g/mol. The molecule has 0 saturated carbocycles. The third-order valence-corrected chi connectivity index (χ3v) is 2.64. The highest BCUT2D eigenvalue weighted by atomic mass is 16.4. The maximum Gasteiger partial charge on any atom is 0.343 e. The molecule has 0 amide bonds. The van der Waals surface area contributed by atoms with Crippen LogP contribution in [0.1, 0.15) is 6.92 Å². The van der Waals surface area contributed by atoms with Gasteiger partial charge in [0.2, 0.25) is 0 Å². The summed E-state index contributed by atoms with van der Waals surface area (Å²) in [5.41, 5.74) is 1.77. The Balaban J connectivity index is 2.48. The number of quaternary nitrogens is 1. The minimum Gasteiger partial charge on any atom is -0.477 e. The number of hydrogen-bond acceptors (Lipinski definition) is 2. The third-order valence-electron chi connectivity index (χ3n) is 2.64. The second kappa shape index (κ2) is 3.57. The van der Waals surface area contributed by atoms with E-state index < -0.39 is 5.97 Å². The van der Waals surface area contributed by atoms with E-state index in [0.717, 1.165) is 5.69 Å². The average Bonchev–Trinajstić information content (AvgIpc) is 2.57. The van der Waals surface area contributed by atoms with Gasteiger partial charge in [0.15, 0.2) is 5.69 Å². The van der Waals surface area contributed by atoms with Gasteiger partial charge in [0.05, 0.1) is 0 Å². The van der Waals surface area contributed by atoms with Gasteiger partial charge < -0.3 is 5.11 Å². The molecule has 0 fully saturated rings. The van der Waals surface area contributed by atoms with Gasteiger partial charge in [0.25, 0.3) is 0 Å². The van der Waals surface area contributed by atoms with Gasteiger partial charge in [-0.1, -0.05) is 23.3 Å². The van der Waals surface area contributed by atoms with E-state index in [4.69, 9.17) is 5.11 Å². The van der Waals surface area contributed by atoms with E-state index in [1.165, 1.54) is 0 Å². The van der Waals surface area contributed by atoms with E-state index in [1.54, 1.807) is 13.1 Å². The Bertz CT molecular complexity index is 491. The lowest BCUT2D eigenvalue weighted by Gasteiger charge is -2.19. The first-order chi connectivity index (χ1) is 7.53. The number of carbonyl (C=O) groups is 1. The standard InChI is InChI=1S/C12H12N2O2/c1-9-11(12(15)16)8-14(2,13-9)10-6-4-3-5-7-10/h3-8H,1-2H3/p+1. The molecule has 1 aromatic carbocycles. The number of aliphatic carboxylic acids is 1. The van der Waals surface area contributed by atoms with Crippen molar-refractivity contribution < 1.29 is 9.90 Å². The summed E-state index contributed by atoms with van der Waals surface area (Å²) in [5, 5.41) is 13.4. The van der Waals surface area contributed by atoms with Crippen molar-refractivity contribution in [2.75, 3.05) is 7.05 Å². The number of carboxylic acids is 1. The van der Waals surface area contributed by atoms with Crippen LogP contribution in [0.25, 0.3) is 0 Å². The molecule has 0 saturated heterocycles. The Morgan fingerprint density at radius 2 is 1.94 bits per heavy atom. The highest BCUT2D eigenvalue weighted by Gasteiger charge is 2.34. The second-order valence-corrected chi connectivity index (χ2v) is 3.90. The number of benzene rings is 1. The van der Waals surface area contributed by atoms with Gasteiger partial charge in [-0.15, -0.1) is 4.59 Å². The summed E-state index contributed by atoms with van der Waals surface area (Å²) in [6, 6.07) is 9.60. The lowest BCUT2D eigenvalue weighted by atomic mass is 10.2. The molecule has 16 heavy (non-hydrogen) atoms. The maximum absolute atomic E-state index is 11.0. The average molecular weight is 217 g/mol. The fourth-order valence-corrected chi connectivity index (χ4v) is 1.81. The Hall–Kier alpha value is -1.94. The van der Waals surface area contributed by atoms with Crippen LogP contribution in [0.4, 0.5) is 5.69 Å². The van der Waals surface area contributed by atoms with E-state index in [1.807, 2.05) is 37.4 Å². The fourth-order valence-electron chi connectivity index (χ4n) is 1.81. The molecule has 0 bridgehead atoms. The van der Waals surface area contributed by atoms with Crippen molar-refractivity contribution in [2.45, 2.75) is 6.92 Å². The molecule has 1 aliphatic rings. The van der Waals surface area contributed by atoms with Gasteiger partial charge >= 0.3 is 5.97 Å². The van der Waals surface area contributed by atoms with Crippen LogP contribution in [0.5, 0.6) is 0 Å². The summed E-state index contributed by atoms with van der Waals surface area (Å²) in [4.78, 5) is 11.0. The van der Waals surface area contributed by atoms with Crippen LogP contribution in [0.2, 0.25) is 0 Å². The van der Waals surface area contributed by atoms with Gasteiger partial charge in [0.1, 0.15) is 24.5 Å². The zero-order chi connectivity index (χ0) is 11.8. The Labute approximate surface area is 93.7 Å². The minimum atomic E-state index is -0.931. The lowest BCUT2D eigenvalue weighted by molar-refractivity contribution is -0.132. The van der Waals surface area contributed by atoms with Gasteiger partial charge in [-0.25, -0.2) is 4.79 Å². The van der Waals surface area contributed by atoms with Crippen molar-refractivity contribution in [2.24, 2.45) is 5.10 Å². The maximum atomic E-state index is 11.0. The molecule has 1 unspecified atom stereocenters. The summed E-state index contributed by atoms with van der Waals surface area (Å²) in [7, 11) is 1.86. The van der Waals surface area contributed by atoms with Gasteiger partial charge in [0, 0.05) is 12.1 Å². The predicted molar refractivity (Wildman–Crippen MR) is 63.0 cm³/mol. The monoisotopic (exact) mass is 217 g/mol. The van der Waals surface area contributed by atoms with Crippen molar-refractivity contribution in [1.82, 2.24) is 4.59 Å². The Morgan fingerprint density at radius 3 is 2.44 bits per heavy atom. The smallest absolute Gasteiger partial charge is 0.343 e. The van der Waals surface area contributed by atoms with Gasteiger partial charge in [-0.2, -0.15) is 0 Å². The molecule has 1 aromatic rings.